The van der Waals surface area contributed by atoms with Crippen LogP contribution in [0, 0.1) is 11.3 Å². The summed E-state index contributed by atoms with van der Waals surface area (Å²) in [6, 6.07) is 18.3. The zero-order chi connectivity index (χ0) is 38.2. The van der Waals surface area contributed by atoms with Crippen molar-refractivity contribution in [3.63, 3.8) is 0 Å². The van der Waals surface area contributed by atoms with Crippen LogP contribution in [0.2, 0.25) is 0 Å². The van der Waals surface area contributed by atoms with Gasteiger partial charge in [-0.15, -0.1) is 0 Å². The van der Waals surface area contributed by atoms with Crippen molar-refractivity contribution in [1.29, 1.82) is 0 Å². The van der Waals surface area contributed by atoms with Gasteiger partial charge in [0.25, 0.3) is 0 Å². The molecule has 4 rings (SSSR count). The van der Waals surface area contributed by atoms with Crippen LogP contribution >= 0.6 is 0 Å². The number of hydrogen-bond donors (Lipinski definition) is 4. The Balaban J connectivity index is 1.59. The van der Waals surface area contributed by atoms with Gasteiger partial charge in [-0.05, 0) is 60.1 Å². The number of amides is 3. The van der Waals surface area contributed by atoms with Crippen molar-refractivity contribution in [1.82, 2.24) is 24.4 Å². The van der Waals surface area contributed by atoms with Gasteiger partial charge in [0.05, 0.1) is 47.3 Å². The highest BCUT2D eigenvalue weighted by Gasteiger charge is 2.44. The standard InChI is InChI=1S/C38H52N6O7S/c1-26(2)23-43(52(50,51)31-17-15-29(16-18-31)22-39-49)25-34(46)33(21-28-11-8-7-9-12-28)41-36(47)35(38(4,5)6)44-20-19-42(37(44)48)24-30-13-10-14-32(40-30)27(3)45/h7-18,22,26-27,33-35,45-46,49H,19-21,23-25H2,1-6H3,(H,41,47)/t27?,33-,34-,35+/m0/s1. The third kappa shape index (κ3) is 10.4. The van der Waals surface area contributed by atoms with Gasteiger partial charge in [0.1, 0.15) is 6.04 Å². The number of aromatic nitrogens is 1. The minimum absolute atomic E-state index is 0.0109. The molecule has 0 aliphatic carbocycles. The van der Waals surface area contributed by atoms with Crippen molar-refractivity contribution < 1.29 is 33.4 Å². The molecule has 13 nitrogen and oxygen atoms in total. The van der Waals surface area contributed by atoms with Crippen LogP contribution in [0.1, 0.15) is 70.2 Å². The molecule has 1 unspecified atom stereocenters. The van der Waals surface area contributed by atoms with E-state index < -0.39 is 45.6 Å². The van der Waals surface area contributed by atoms with Gasteiger partial charge in [-0.25, -0.2) is 13.2 Å². The summed E-state index contributed by atoms with van der Waals surface area (Å²) in [6.07, 6.45) is -0.677. The Morgan fingerprint density at radius 1 is 0.981 bits per heavy atom. The number of benzene rings is 2. The first-order chi connectivity index (χ1) is 24.5. The Labute approximate surface area is 307 Å². The van der Waals surface area contributed by atoms with E-state index in [2.05, 4.69) is 15.5 Å². The van der Waals surface area contributed by atoms with Gasteiger partial charge in [0.2, 0.25) is 15.9 Å². The molecule has 52 heavy (non-hydrogen) atoms. The summed E-state index contributed by atoms with van der Waals surface area (Å²) in [7, 11) is -4.08. The number of carbonyl (C=O) groups is 2. The predicted octanol–water partition coefficient (Wildman–Crippen LogP) is 4.03. The van der Waals surface area contributed by atoms with E-state index in [-0.39, 0.29) is 42.9 Å². The summed E-state index contributed by atoms with van der Waals surface area (Å²) >= 11 is 0. The highest BCUT2D eigenvalue weighted by atomic mass is 32.2. The van der Waals surface area contributed by atoms with E-state index >= 15 is 0 Å². The van der Waals surface area contributed by atoms with Crippen LogP contribution in [0.5, 0.6) is 0 Å². The summed E-state index contributed by atoms with van der Waals surface area (Å²) in [6.45, 7) is 11.7. The molecule has 0 radical (unpaired) electrons. The average Bonchev–Trinajstić information content (AvgIpc) is 3.42. The Morgan fingerprint density at radius 2 is 1.65 bits per heavy atom. The highest BCUT2D eigenvalue weighted by molar-refractivity contribution is 7.89. The quantitative estimate of drug-likeness (QED) is 0.0969. The number of rotatable bonds is 16. The molecule has 4 atom stereocenters. The summed E-state index contributed by atoms with van der Waals surface area (Å²) in [4.78, 5) is 35.8. The molecule has 3 amide bonds. The number of urea groups is 1. The third-order valence-corrected chi connectivity index (χ3v) is 10.7. The largest absolute Gasteiger partial charge is 0.411 e. The smallest absolute Gasteiger partial charge is 0.321 e. The van der Waals surface area contributed by atoms with Crippen LogP contribution < -0.4 is 5.32 Å². The van der Waals surface area contributed by atoms with Crippen molar-refractivity contribution in [2.24, 2.45) is 16.5 Å². The van der Waals surface area contributed by atoms with Gasteiger partial charge in [-0.1, -0.05) is 88.3 Å². The molecule has 14 heteroatoms. The number of aliphatic hydroxyl groups is 2. The lowest BCUT2D eigenvalue weighted by Crippen LogP contribution is -2.59. The summed E-state index contributed by atoms with van der Waals surface area (Å²) < 4.78 is 29.1. The fourth-order valence-corrected chi connectivity index (χ4v) is 7.99. The lowest BCUT2D eigenvalue weighted by Gasteiger charge is -2.38. The molecule has 2 aromatic carbocycles. The monoisotopic (exact) mass is 736 g/mol. The van der Waals surface area contributed by atoms with Crippen molar-refractivity contribution in [2.45, 2.75) is 83.7 Å². The molecule has 4 N–H and O–H groups in total. The molecule has 1 saturated heterocycles. The molecule has 0 bridgehead atoms. The highest BCUT2D eigenvalue weighted by Crippen LogP contribution is 2.29. The van der Waals surface area contributed by atoms with E-state index in [1.807, 2.05) is 65.0 Å². The van der Waals surface area contributed by atoms with E-state index in [1.165, 1.54) is 34.8 Å². The first-order valence-corrected chi connectivity index (χ1v) is 18.9. The van der Waals surface area contributed by atoms with Gasteiger partial charge in [0, 0.05) is 26.2 Å². The Kier molecular flexibility index (Phi) is 13.5. The maximum Gasteiger partial charge on any atom is 0.321 e. The van der Waals surface area contributed by atoms with Crippen LogP contribution in [0.25, 0.3) is 0 Å². The van der Waals surface area contributed by atoms with Crippen LogP contribution in [0.3, 0.4) is 0 Å². The van der Waals surface area contributed by atoms with Crippen molar-refractivity contribution in [2.75, 3.05) is 26.2 Å². The van der Waals surface area contributed by atoms with E-state index in [9.17, 15) is 28.2 Å². The van der Waals surface area contributed by atoms with E-state index in [0.29, 0.717) is 30.0 Å². The second-order valence-electron chi connectivity index (χ2n) is 14.8. The molecule has 1 aliphatic heterocycles. The topological polar surface area (TPSA) is 176 Å². The van der Waals surface area contributed by atoms with E-state index in [0.717, 1.165) is 5.56 Å². The molecular formula is C38H52N6O7S. The number of carbonyl (C=O) groups excluding carboxylic acids is 2. The number of sulfonamides is 1. The summed E-state index contributed by atoms with van der Waals surface area (Å²) in [5.41, 5.74) is 1.75. The Morgan fingerprint density at radius 3 is 2.25 bits per heavy atom. The van der Waals surface area contributed by atoms with Gasteiger partial charge in [-0.2, -0.15) is 4.31 Å². The SMILES string of the molecule is CC(C)CN(C[C@H](O)[C@H](Cc1ccccc1)NC(=O)[C@@H](N1CCN(Cc2cccc(C(C)O)n2)C1=O)C(C)(C)C)S(=O)(=O)c1ccc(C=NO)cc1. The molecule has 1 aliphatic rings. The lowest BCUT2D eigenvalue weighted by molar-refractivity contribution is -0.130. The molecule has 1 aromatic heterocycles. The summed E-state index contributed by atoms with van der Waals surface area (Å²) in [5, 5.41) is 36.7. The molecule has 2 heterocycles. The number of oxime groups is 1. The number of nitrogens with one attached hydrogen (secondary N) is 1. The van der Waals surface area contributed by atoms with Crippen LogP contribution in [0.15, 0.2) is 82.8 Å². The summed E-state index contributed by atoms with van der Waals surface area (Å²) in [5.74, 6) is -0.541. The molecule has 282 valence electrons. The fourth-order valence-electron chi connectivity index (χ4n) is 6.37. The Hall–Kier alpha value is -4.37. The molecule has 1 fully saturated rings. The van der Waals surface area contributed by atoms with Gasteiger partial charge in [-0.3, -0.25) is 9.78 Å². The second kappa shape index (κ2) is 17.4. The lowest BCUT2D eigenvalue weighted by atomic mass is 9.84. The first-order valence-electron chi connectivity index (χ1n) is 17.5. The predicted molar refractivity (Wildman–Crippen MR) is 198 cm³/mol. The normalized spacial score (nSPS) is 16.5. The first kappa shape index (κ1) is 40.4. The molecule has 0 saturated carbocycles. The van der Waals surface area contributed by atoms with E-state index in [1.54, 1.807) is 34.9 Å². The van der Waals surface area contributed by atoms with Gasteiger partial charge in [0.15, 0.2) is 0 Å². The average molecular weight is 737 g/mol. The van der Waals surface area contributed by atoms with Crippen molar-refractivity contribution >= 4 is 28.2 Å². The third-order valence-electron chi connectivity index (χ3n) is 8.89. The van der Waals surface area contributed by atoms with Crippen LogP contribution in [0.4, 0.5) is 4.79 Å². The minimum Gasteiger partial charge on any atom is -0.411 e. The van der Waals surface area contributed by atoms with Crippen LogP contribution in [-0.2, 0) is 27.8 Å². The van der Waals surface area contributed by atoms with Crippen molar-refractivity contribution in [3.8, 4) is 0 Å². The maximum absolute atomic E-state index is 14.3. The molecule has 3 aromatic rings. The Bertz CT molecular complexity index is 1780. The number of hydrogen-bond acceptors (Lipinski definition) is 9. The maximum atomic E-state index is 14.3. The number of nitrogens with zero attached hydrogens (tertiary/aromatic N) is 5. The van der Waals surface area contributed by atoms with Crippen molar-refractivity contribution in [3.05, 3.63) is 95.3 Å². The van der Waals surface area contributed by atoms with Crippen LogP contribution in [-0.4, -0.2) is 105 Å². The number of aliphatic hydroxyl groups excluding tert-OH is 2. The zero-order valence-electron chi connectivity index (χ0n) is 30.8. The second-order valence-corrected chi connectivity index (χ2v) is 16.7. The zero-order valence-corrected chi connectivity index (χ0v) is 31.6. The van der Waals surface area contributed by atoms with Gasteiger partial charge < -0.3 is 30.5 Å². The molecular weight excluding hydrogens is 685 g/mol. The van der Waals surface area contributed by atoms with E-state index in [4.69, 9.17) is 5.21 Å². The number of pyridine rings is 1. The molecule has 0 spiro atoms. The van der Waals surface area contributed by atoms with Gasteiger partial charge >= 0.3 is 6.03 Å². The fraction of sp³-hybridized carbons (Fsp3) is 0.474. The minimum atomic E-state index is -4.08.